The summed E-state index contributed by atoms with van der Waals surface area (Å²) in [6.45, 7) is 6.06. The van der Waals surface area contributed by atoms with Crippen LogP contribution in [0, 0.1) is 6.92 Å². The predicted molar refractivity (Wildman–Crippen MR) is 93.3 cm³/mol. The lowest BCUT2D eigenvalue weighted by Gasteiger charge is -2.05. The highest BCUT2D eigenvalue weighted by Gasteiger charge is 2.12. The number of allylic oxidation sites excluding steroid dienone is 1. The van der Waals surface area contributed by atoms with Crippen LogP contribution in [0.5, 0.6) is 0 Å². The molecule has 0 spiro atoms. The molecule has 22 heavy (non-hydrogen) atoms. The fraction of sp³-hybridized carbons (Fsp3) is 0.125. The first-order valence-corrected chi connectivity index (χ1v) is 8.39. The molecule has 1 N–H and O–H groups in total. The van der Waals surface area contributed by atoms with Crippen molar-refractivity contribution in [1.82, 2.24) is 4.57 Å². The molecule has 0 saturated heterocycles. The smallest absolute Gasteiger partial charge is 0.308 e. The normalized spacial score (nSPS) is 10.8. The van der Waals surface area contributed by atoms with E-state index < -0.39 is 0 Å². The van der Waals surface area contributed by atoms with Crippen molar-refractivity contribution in [2.24, 2.45) is 0 Å². The number of hydrogen-bond acceptors (Lipinski definition) is 4. The van der Waals surface area contributed by atoms with E-state index in [-0.39, 0.29) is 10.8 Å². The van der Waals surface area contributed by atoms with Crippen molar-refractivity contribution < 1.29 is 4.79 Å². The summed E-state index contributed by atoms with van der Waals surface area (Å²) in [5, 5.41) is 4.78. The zero-order valence-corrected chi connectivity index (χ0v) is 13.6. The third kappa shape index (κ3) is 2.63. The van der Waals surface area contributed by atoms with Gasteiger partial charge in [-0.2, -0.15) is 0 Å². The lowest BCUT2D eigenvalue weighted by molar-refractivity contribution is 0.103. The number of hydrogen-bond donors (Lipinski definition) is 1. The lowest BCUT2D eigenvalue weighted by Crippen LogP contribution is -2.12. The first-order valence-electron chi connectivity index (χ1n) is 6.70. The van der Waals surface area contributed by atoms with E-state index in [1.807, 2.05) is 36.6 Å². The molecule has 0 aliphatic carbocycles. The van der Waals surface area contributed by atoms with E-state index in [4.69, 9.17) is 0 Å². The van der Waals surface area contributed by atoms with Crippen LogP contribution in [0.2, 0.25) is 0 Å². The number of fused-ring (bicyclic) bond motifs is 1. The van der Waals surface area contributed by atoms with Gasteiger partial charge in [0, 0.05) is 12.2 Å². The Bertz CT molecular complexity index is 918. The van der Waals surface area contributed by atoms with Gasteiger partial charge in [-0.15, -0.1) is 17.9 Å². The summed E-state index contributed by atoms with van der Waals surface area (Å²) in [5.74, 6) is -0.121. The molecule has 3 aromatic rings. The zero-order chi connectivity index (χ0) is 15.7. The fourth-order valence-electron chi connectivity index (χ4n) is 2.24. The Labute approximate surface area is 135 Å². The first-order chi connectivity index (χ1) is 10.6. The number of aromatic nitrogens is 1. The second kappa shape index (κ2) is 5.90. The van der Waals surface area contributed by atoms with E-state index in [1.54, 1.807) is 10.6 Å². The summed E-state index contributed by atoms with van der Waals surface area (Å²) in [7, 11) is 0. The number of nitrogens with one attached hydrogen (secondary N) is 1. The topological polar surface area (TPSA) is 51.1 Å². The molecule has 0 aliphatic heterocycles. The number of amides is 1. The number of anilines is 1. The highest BCUT2D eigenvalue weighted by molar-refractivity contribution is 7.16. The molecule has 4 nitrogen and oxygen atoms in total. The molecule has 0 unspecified atom stereocenters. The summed E-state index contributed by atoms with van der Waals surface area (Å²) < 4.78 is 2.52. The van der Waals surface area contributed by atoms with Crippen molar-refractivity contribution in [1.29, 1.82) is 0 Å². The minimum Gasteiger partial charge on any atom is -0.321 e. The first kappa shape index (κ1) is 14.7. The molecule has 6 heteroatoms. The maximum absolute atomic E-state index is 12.2. The highest BCUT2D eigenvalue weighted by Crippen LogP contribution is 2.23. The Hall–Kier alpha value is -2.18. The largest absolute Gasteiger partial charge is 0.321 e. The summed E-state index contributed by atoms with van der Waals surface area (Å²) >= 11 is 2.59. The maximum Gasteiger partial charge on any atom is 0.308 e. The number of thiazole rings is 1. The Morgan fingerprint density at radius 3 is 2.91 bits per heavy atom. The second-order valence-electron chi connectivity index (χ2n) is 4.84. The zero-order valence-electron chi connectivity index (χ0n) is 12.0. The molecular formula is C16H14N2O2S2. The number of thiophene rings is 1. The van der Waals surface area contributed by atoms with Crippen molar-refractivity contribution in [2.45, 2.75) is 13.5 Å². The molecule has 0 fully saturated rings. The van der Waals surface area contributed by atoms with E-state index in [0.29, 0.717) is 17.1 Å². The number of nitrogens with zero attached hydrogens (tertiary/aromatic N) is 1. The summed E-state index contributed by atoms with van der Waals surface area (Å²) in [6, 6.07) is 7.42. The summed E-state index contributed by atoms with van der Waals surface area (Å²) in [6.07, 6.45) is 1.70. The van der Waals surface area contributed by atoms with Crippen molar-refractivity contribution in [3.05, 3.63) is 62.4 Å². The molecule has 2 aromatic heterocycles. The van der Waals surface area contributed by atoms with Crippen LogP contribution in [0.1, 0.15) is 15.2 Å². The van der Waals surface area contributed by atoms with Crippen LogP contribution in [0.15, 0.2) is 47.1 Å². The van der Waals surface area contributed by atoms with Crippen molar-refractivity contribution in [3.8, 4) is 0 Å². The van der Waals surface area contributed by atoms with Crippen molar-refractivity contribution in [3.63, 3.8) is 0 Å². The number of carbonyl (C=O) groups excluding carboxylic acids is 1. The van der Waals surface area contributed by atoms with Crippen LogP contribution in [-0.4, -0.2) is 10.5 Å². The Morgan fingerprint density at radius 1 is 1.41 bits per heavy atom. The minimum absolute atomic E-state index is 0.0209. The molecule has 112 valence electrons. The Balaban J connectivity index is 1.93. The Morgan fingerprint density at radius 2 is 2.23 bits per heavy atom. The van der Waals surface area contributed by atoms with Crippen molar-refractivity contribution in [2.75, 3.05) is 5.32 Å². The van der Waals surface area contributed by atoms with Gasteiger partial charge in [-0.3, -0.25) is 14.2 Å². The molecule has 0 aliphatic rings. The SMILES string of the molecule is C=CCn1c(=O)sc2cc(NC(=O)c3sccc3C)ccc21. The number of benzene rings is 1. The quantitative estimate of drug-likeness (QED) is 0.738. The van der Waals surface area contributed by atoms with Gasteiger partial charge in [-0.1, -0.05) is 17.4 Å². The molecule has 0 saturated carbocycles. The van der Waals surface area contributed by atoms with Crippen LogP contribution >= 0.6 is 22.7 Å². The predicted octanol–water partition coefficient (Wildman–Crippen LogP) is 3.87. The highest BCUT2D eigenvalue weighted by atomic mass is 32.1. The van der Waals surface area contributed by atoms with Gasteiger partial charge in [0.1, 0.15) is 0 Å². The monoisotopic (exact) mass is 330 g/mol. The van der Waals surface area contributed by atoms with Gasteiger partial charge in [-0.05, 0) is 42.1 Å². The molecule has 0 radical (unpaired) electrons. The van der Waals surface area contributed by atoms with E-state index in [1.165, 1.54) is 22.7 Å². The van der Waals surface area contributed by atoms with Gasteiger partial charge in [0.15, 0.2) is 0 Å². The van der Waals surface area contributed by atoms with Gasteiger partial charge in [0.05, 0.1) is 15.1 Å². The van der Waals surface area contributed by atoms with Gasteiger partial charge < -0.3 is 5.32 Å². The molecular weight excluding hydrogens is 316 g/mol. The van der Waals surface area contributed by atoms with Crippen LogP contribution in [0.3, 0.4) is 0 Å². The number of aryl methyl sites for hydroxylation is 1. The summed E-state index contributed by atoms with van der Waals surface area (Å²) in [4.78, 5) is 24.9. The second-order valence-corrected chi connectivity index (χ2v) is 6.75. The van der Waals surface area contributed by atoms with E-state index in [2.05, 4.69) is 11.9 Å². The number of rotatable bonds is 4. The molecule has 1 aromatic carbocycles. The number of carbonyl (C=O) groups is 1. The van der Waals surface area contributed by atoms with Crippen LogP contribution in [0.25, 0.3) is 10.2 Å². The average molecular weight is 330 g/mol. The average Bonchev–Trinajstić information content (AvgIpc) is 3.03. The molecule has 1 amide bonds. The van der Waals surface area contributed by atoms with Gasteiger partial charge in [-0.25, -0.2) is 0 Å². The van der Waals surface area contributed by atoms with Gasteiger partial charge in [0.2, 0.25) is 0 Å². The van der Waals surface area contributed by atoms with E-state index in [9.17, 15) is 9.59 Å². The molecule has 2 heterocycles. The van der Waals surface area contributed by atoms with Crippen molar-refractivity contribution >= 4 is 44.5 Å². The third-order valence-electron chi connectivity index (χ3n) is 3.31. The maximum atomic E-state index is 12.2. The van der Waals surface area contributed by atoms with Crippen LogP contribution < -0.4 is 10.2 Å². The lowest BCUT2D eigenvalue weighted by atomic mass is 10.2. The summed E-state index contributed by atoms with van der Waals surface area (Å²) in [5.41, 5.74) is 2.52. The molecule has 0 bridgehead atoms. The fourth-order valence-corrected chi connectivity index (χ4v) is 4.00. The standard InChI is InChI=1S/C16H14N2O2S2/c1-3-7-18-12-5-4-11(9-13(12)22-16(18)20)17-15(19)14-10(2)6-8-21-14/h3-6,8-9H,1,7H2,2H3,(H,17,19). The minimum atomic E-state index is -0.121. The molecule has 3 rings (SSSR count). The van der Waals surface area contributed by atoms with Crippen LogP contribution in [-0.2, 0) is 6.54 Å². The van der Waals surface area contributed by atoms with Crippen LogP contribution in [0.4, 0.5) is 5.69 Å². The van der Waals surface area contributed by atoms with E-state index in [0.717, 1.165) is 15.8 Å². The third-order valence-corrected chi connectivity index (χ3v) is 5.26. The molecule has 0 atom stereocenters. The van der Waals surface area contributed by atoms with E-state index >= 15 is 0 Å². The van der Waals surface area contributed by atoms with Gasteiger partial charge >= 0.3 is 4.87 Å². The Kier molecular flexibility index (Phi) is 3.96. The van der Waals surface area contributed by atoms with Gasteiger partial charge in [0.25, 0.3) is 5.91 Å².